The summed E-state index contributed by atoms with van der Waals surface area (Å²) in [4.78, 5) is 10.6. The molecule has 0 aromatic heterocycles. The summed E-state index contributed by atoms with van der Waals surface area (Å²) in [6.45, 7) is 4.86. The quantitative estimate of drug-likeness (QED) is 0.533. The van der Waals surface area contributed by atoms with E-state index in [2.05, 4.69) is 6.92 Å². The molecule has 0 N–H and O–H groups in total. The molecule has 1 rings (SSSR count). The van der Waals surface area contributed by atoms with Gasteiger partial charge in [-0.05, 0) is 12.3 Å². The Kier molecular flexibility index (Phi) is 2.88. The fraction of sp³-hybridized carbons (Fsp3) is 0.875. The van der Waals surface area contributed by atoms with Crippen LogP contribution in [0, 0.1) is 5.92 Å². The van der Waals surface area contributed by atoms with E-state index in [9.17, 15) is 4.79 Å². The second-order valence-corrected chi connectivity index (χ2v) is 2.99. The van der Waals surface area contributed by atoms with E-state index in [0.717, 1.165) is 13.0 Å². The first-order chi connectivity index (χ1) is 5.20. The predicted molar refractivity (Wildman–Crippen MR) is 40.2 cm³/mol. The normalized spacial score (nSPS) is 31.5. The molecule has 1 heterocycles. The average Bonchev–Trinajstić information content (AvgIpc) is 1.93. The van der Waals surface area contributed by atoms with Gasteiger partial charge in [0.25, 0.3) is 0 Å². The zero-order chi connectivity index (χ0) is 8.27. The third-order valence-corrected chi connectivity index (χ3v) is 1.95. The number of esters is 1. The molecule has 1 saturated heterocycles. The first-order valence-corrected chi connectivity index (χ1v) is 3.95. The molecular formula is C8H14O3. The molecule has 64 valence electrons. The summed E-state index contributed by atoms with van der Waals surface area (Å²) < 4.78 is 10.2. The van der Waals surface area contributed by atoms with Gasteiger partial charge in [-0.1, -0.05) is 6.92 Å². The van der Waals surface area contributed by atoms with E-state index in [4.69, 9.17) is 9.47 Å². The summed E-state index contributed by atoms with van der Waals surface area (Å²) >= 11 is 0. The zero-order valence-corrected chi connectivity index (χ0v) is 7.00. The highest BCUT2D eigenvalue weighted by Gasteiger charge is 2.23. The van der Waals surface area contributed by atoms with Crippen LogP contribution >= 0.6 is 0 Å². The van der Waals surface area contributed by atoms with E-state index in [-0.39, 0.29) is 12.1 Å². The van der Waals surface area contributed by atoms with Crippen molar-refractivity contribution in [1.29, 1.82) is 0 Å². The van der Waals surface area contributed by atoms with Gasteiger partial charge in [-0.15, -0.1) is 0 Å². The van der Waals surface area contributed by atoms with Crippen molar-refractivity contribution in [2.75, 3.05) is 13.2 Å². The Labute approximate surface area is 66.7 Å². The van der Waals surface area contributed by atoms with Crippen molar-refractivity contribution < 1.29 is 14.3 Å². The number of ether oxygens (including phenoxy) is 2. The van der Waals surface area contributed by atoms with E-state index in [0.29, 0.717) is 12.5 Å². The number of rotatable bonds is 1. The van der Waals surface area contributed by atoms with Crippen LogP contribution in [0.3, 0.4) is 0 Å². The molecule has 0 spiro atoms. The Morgan fingerprint density at radius 2 is 2.36 bits per heavy atom. The highest BCUT2D eigenvalue weighted by molar-refractivity contribution is 5.66. The van der Waals surface area contributed by atoms with Crippen LogP contribution in [0.25, 0.3) is 0 Å². The van der Waals surface area contributed by atoms with Gasteiger partial charge in [0, 0.05) is 13.5 Å². The fourth-order valence-electron chi connectivity index (χ4n) is 1.18. The third-order valence-electron chi connectivity index (χ3n) is 1.95. The van der Waals surface area contributed by atoms with Crippen LogP contribution in [-0.4, -0.2) is 25.3 Å². The lowest BCUT2D eigenvalue weighted by molar-refractivity contribution is -0.157. The lowest BCUT2D eigenvalue weighted by atomic mass is 10.00. The number of carbonyl (C=O) groups is 1. The van der Waals surface area contributed by atoms with Crippen molar-refractivity contribution in [1.82, 2.24) is 0 Å². The van der Waals surface area contributed by atoms with Crippen molar-refractivity contribution in [3.63, 3.8) is 0 Å². The molecule has 3 nitrogen and oxygen atoms in total. The van der Waals surface area contributed by atoms with Gasteiger partial charge in [0.1, 0.15) is 6.10 Å². The second-order valence-electron chi connectivity index (χ2n) is 2.99. The maximum Gasteiger partial charge on any atom is 0.302 e. The summed E-state index contributed by atoms with van der Waals surface area (Å²) in [5.41, 5.74) is 0. The fourth-order valence-corrected chi connectivity index (χ4v) is 1.18. The summed E-state index contributed by atoms with van der Waals surface area (Å²) in [5.74, 6) is 0.222. The minimum Gasteiger partial charge on any atom is -0.460 e. The van der Waals surface area contributed by atoms with Crippen LogP contribution in [-0.2, 0) is 14.3 Å². The van der Waals surface area contributed by atoms with Gasteiger partial charge in [0.05, 0.1) is 6.61 Å². The van der Waals surface area contributed by atoms with Gasteiger partial charge >= 0.3 is 5.97 Å². The standard InChI is InChI=1S/C8H14O3/c1-6-3-4-10-5-8(6)11-7(2)9/h6,8H,3-5H2,1-2H3. The van der Waals surface area contributed by atoms with E-state index >= 15 is 0 Å². The van der Waals surface area contributed by atoms with Gasteiger partial charge in [-0.25, -0.2) is 0 Å². The second kappa shape index (κ2) is 3.72. The number of hydrogen-bond donors (Lipinski definition) is 0. The molecule has 1 aliphatic rings. The molecule has 3 heteroatoms. The first kappa shape index (κ1) is 8.53. The number of carbonyl (C=O) groups excluding carboxylic acids is 1. The van der Waals surface area contributed by atoms with Gasteiger partial charge < -0.3 is 9.47 Å². The van der Waals surface area contributed by atoms with Crippen molar-refractivity contribution in [2.45, 2.75) is 26.4 Å². The molecule has 0 aromatic rings. The summed E-state index contributed by atoms with van der Waals surface area (Å²) in [7, 11) is 0. The molecule has 1 fully saturated rings. The van der Waals surface area contributed by atoms with E-state index < -0.39 is 0 Å². The monoisotopic (exact) mass is 158 g/mol. The molecule has 0 aliphatic carbocycles. The molecular weight excluding hydrogens is 144 g/mol. The predicted octanol–water partition coefficient (Wildman–Crippen LogP) is 0.974. The minimum absolute atomic E-state index is 0.0266. The summed E-state index contributed by atoms with van der Waals surface area (Å²) in [6, 6.07) is 0. The summed E-state index contributed by atoms with van der Waals surface area (Å²) in [6.07, 6.45) is 0.957. The molecule has 11 heavy (non-hydrogen) atoms. The first-order valence-electron chi connectivity index (χ1n) is 3.95. The van der Waals surface area contributed by atoms with Crippen LogP contribution in [0.2, 0.25) is 0 Å². The Hall–Kier alpha value is -0.570. The lowest BCUT2D eigenvalue weighted by Crippen LogP contribution is -2.34. The Morgan fingerprint density at radius 3 is 2.91 bits per heavy atom. The third kappa shape index (κ3) is 2.50. The van der Waals surface area contributed by atoms with Gasteiger partial charge in [-0.2, -0.15) is 0 Å². The van der Waals surface area contributed by atoms with Crippen molar-refractivity contribution in [3.05, 3.63) is 0 Å². The van der Waals surface area contributed by atoms with Crippen LogP contribution in [0.4, 0.5) is 0 Å². The maximum atomic E-state index is 10.6. The Bertz CT molecular complexity index is 144. The van der Waals surface area contributed by atoms with Crippen molar-refractivity contribution in [2.24, 2.45) is 5.92 Å². The molecule has 0 amide bonds. The largest absolute Gasteiger partial charge is 0.460 e. The Morgan fingerprint density at radius 1 is 1.64 bits per heavy atom. The minimum atomic E-state index is -0.215. The molecule has 0 saturated carbocycles. The zero-order valence-electron chi connectivity index (χ0n) is 7.00. The lowest BCUT2D eigenvalue weighted by Gasteiger charge is -2.27. The molecule has 0 radical (unpaired) electrons. The molecule has 0 bridgehead atoms. The molecule has 1 aliphatic heterocycles. The Balaban J connectivity index is 2.35. The van der Waals surface area contributed by atoms with Gasteiger partial charge in [-0.3, -0.25) is 4.79 Å². The van der Waals surface area contributed by atoms with Gasteiger partial charge in [0.2, 0.25) is 0 Å². The van der Waals surface area contributed by atoms with Crippen LogP contribution < -0.4 is 0 Å². The molecule has 2 atom stereocenters. The van der Waals surface area contributed by atoms with Crippen LogP contribution in [0.5, 0.6) is 0 Å². The van der Waals surface area contributed by atoms with Crippen LogP contribution in [0.1, 0.15) is 20.3 Å². The topological polar surface area (TPSA) is 35.5 Å². The van der Waals surface area contributed by atoms with Crippen LogP contribution in [0.15, 0.2) is 0 Å². The summed E-state index contributed by atoms with van der Waals surface area (Å²) in [5, 5.41) is 0. The van der Waals surface area contributed by atoms with E-state index in [1.165, 1.54) is 6.92 Å². The van der Waals surface area contributed by atoms with E-state index in [1.54, 1.807) is 0 Å². The molecule has 0 aromatic carbocycles. The maximum absolute atomic E-state index is 10.6. The number of hydrogen-bond acceptors (Lipinski definition) is 3. The van der Waals surface area contributed by atoms with Gasteiger partial charge in [0.15, 0.2) is 0 Å². The highest BCUT2D eigenvalue weighted by Crippen LogP contribution is 2.17. The molecule has 2 unspecified atom stereocenters. The van der Waals surface area contributed by atoms with Crippen molar-refractivity contribution >= 4 is 5.97 Å². The smallest absolute Gasteiger partial charge is 0.302 e. The average molecular weight is 158 g/mol. The highest BCUT2D eigenvalue weighted by atomic mass is 16.6. The SMILES string of the molecule is CC(=O)OC1COCCC1C. The van der Waals surface area contributed by atoms with Crippen molar-refractivity contribution in [3.8, 4) is 0 Å². The van der Waals surface area contributed by atoms with E-state index in [1.807, 2.05) is 0 Å².